The van der Waals surface area contributed by atoms with E-state index >= 15 is 0 Å². The van der Waals surface area contributed by atoms with E-state index in [1.165, 1.54) is 0 Å². The maximum absolute atomic E-state index is 10.0. The monoisotopic (exact) mass is 240 g/mol. The first-order valence-corrected chi connectivity index (χ1v) is 3.98. The van der Waals surface area contributed by atoms with Crippen LogP contribution in [0.4, 0.5) is 0 Å². The smallest absolute Gasteiger partial charge is 0.152 e. The summed E-state index contributed by atoms with van der Waals surface area (Å²) in [6.45, 7) is 4.07. The molecule has 1 atom stereocenters. The summed E-state index contributed by atoms with van der Waals surface area (Å²) in [5, 5.41) is 0. The maximum Gasteiger partial charge on any atom is 0.152 e. The summed E-state index contributed by atoms with van der Waals surface area (Å²) in [6, 6.07) is 0. The fraction of sp³-hybridized carbons (Fsp3) is 0.833. The molecular weight excluding hydrogens is 225 g/mol. The SMILES string of the molecule is CC(C)CCS(=O)O.[CH3-].[Y]. The second-order valence-electron chi connectivity index (χ2n) is 2.21. The molecule has 0 heterocycles. The van der Waals surface area contributed by atoms with Gasteiger partial charge in [0, 0.05) is 38.5 Å². The van der Waals surface area contributed by atoms with Crippen molar-refractivity contribution < 1.29 is 41.5 Å². The van der Waals surface area contributed by atoms with Crippen molar-refractivity contribution in [3.8, 4) is 0 Å². The minimum atomic E-state index is -1.59. The zero-order valence-corrected chi connectivity index (χ0v) is 10.5. The molecule has 0 aliphatic heterocycles. The third-order valence-electron chi connectivity index (χ3n) is 0.870. The van der Waals surface area contributed by atoms with Crippen molar-refractivity contribution in [3.05, 3.63) is 7.43 Å². The molecule has 0 fully saturated rings. The standard InChI is InChI=1S/C5H12O2S.CH3.Y/c1-5(2)3-4-8(6)7;;/h5H,3-4H2,1-2H3,(H,6,7);1H3;/q;-1;. The van der Waals surface area contributed by atoms with E-state index in [9.17, 15) is 4.21 Å². The molecule has 0 saturated heterocycles. The Kier molecular flexibility index (Phi) is 17.7. The van der Waals surface area contributed by atoms with Crippen LogP contribution in [0, 0.1) is 13.3 Å². The number of hydrogen-bond donors (Lipinski definition) is 1. The van der Waals surface area contributed by atoms with Gasteiger partial charge in [-0.15, -0.1) is 0 Å². The molecule has 61 valence electrons. The molecule has 1 N–H and O–H groups in total. The molecule has 0 saturated carbocycles. The average Bonchev–Trinajstić information content (AvgIpc) is 1.61. The zero-order chi connectivity index (χ0) is 6.57. The van der Waals surface area contributed by atoms with Gasteiger partial charge in [0.1, 0.15) is 0 Å². The van der Waals surface area contributed by atoms with Crippen molar-refractivity contribution in [2.45, 2.75) is 20.3 Å². The fourth-order valence-electron chi connectivity index (χ4n) is 0.337. The topological polar surface area (TPSA) is 37.3 Å². The summed E-state index contributed by atoms with van der Waals surface area (Å²) >= 11 is -1.59. The maximum atomic E-state index is 10.0. The molecule has 0 aliphatic carbocycles. The van der Waals surface area contributed by atoms with Crippen molar-refractivity contribution in [2.75, 3.05) is 5.75 Å². The summed E-state index contributed by atoms with van der Waals surface area (Å²) in [5.41, 5.74) is 0. The van der Waals surface area contributed by atoms with Crippen molar-refractivity contribution >= 4 is 11.1 Å². The van der Waals surface area contributed by atoms with E-state index in [4.69, 9.17) is 4.55 Å². The first-order chi connectivity index (χ1) is 3.63. The Morgan fingerprint density at radius 1 is 1.50 bits per heavy atom. The largest absolute Gasteiger partial charge is 0.358 e. The van der Waals surface area contributed by atoms with E-state index in [2.05, 4.69) is 0 Å². The Morgan fingerprint density at radius 2 is 1.90 bits per heavy atom. The van der Waals surface area contributed by atoms with Gasteiger partial charge in [-0.1, -0.05) is 13.8 Å². The van der Waals surface area contributed by atoms with Gasteiger partial charge in [-0.3, -0.25) is 0 Å². The predicted octanol–water partition coefficient (Wildman–Crippen LogP) is 1.70. The summed E-state index contributed by atoms with van der Waals surface area (Å²) in [7, 11) is 0. The molecule has 0 aromatic carbocycles. The van der Waals surface area contributed by atoms with E-state index in [1.54, 1.807) is 0 Å². The summed E-state index contributed by atoms with van der Waals surface area (Å²) < 4.78 is 18.3. The third kappa shape index (κ3) is 16.1. The van der Waals surface area contributed by atoms with Gasteiger partial charge in [0.15, 0.2) is 11.1 Å². The molecule has 1 radical (unpaired) electrons. The fourth-order valence-corrected chi connectivity index (χ4v) is 1.01. The van der Waals surface area contributed by atoms with Gasteiger partial charge in [0.25, 0.3) is 0 Å². The van der Waals surface area contributed by atoms with Crippen LogP contribution < -0.4 is 0 Å². The molecule has 0 rings (SSSR count). The molecule has 0 bridgehead atoms. The predicted molar refractivity (Wildman–Crippen MR) is 41.5 cm³/mol. The Hall–Kier alpha value is 1.21. The zero-order valence-electron chi connectivity index (χ0n) is 6.83. The van der Waals surface area contributed by atoms with Gasteiger partial charge in [-0.25, -0.2) is 4.21 Å². The molecule has 10 heavy (non-hydrogen) atoms. The molecule has 2 nitrogen and oxygen atoms in total. The van der Waals surface area contributed by atoms with Crippen LogP contribution in [0.5, 0.6) is 0 Å². The molecule has 4 heteroatoms. The Bertz CT molecular complexity index is 85.8. The van der Waals surface area contributed by atoms with Crippen molar-refractivity contribution in [1.29, 1.82) is 0 Å². The van der Waals surface area contributed by atoms with Crippen LogP contribution in [0.15, 0.2) is 0 Å². The van der Waals surface area contributed by atoms with Crippen LogP contribution in [0.1, 0.15) is 20.3 Å². The average molecular weight is 240 g/mol. The van der Waals surface area contributed by atoms with E-state index in [1.807, 2.05) is 13.8 Å². The second-order valence-corrected chi connectivity index (χ2v) is 3.26. The Labute approximate surface area is 91.3 Å². The quantitative estimate of drug-likeness (QED) is 0.602. The van der Waals surface area contributed by atoms with E-state index in [-0.39, 0.29) is 40.1 Å². The van der Waals surface area contributed by atoms with Crippen LogP contribution in [-0.4, -0.2) is 14.5 Å². The van der Waals surface area contributed by atoms with Crippen molar-refractivity contribution in [3.63, 3.8) is 0 Å². The molecule has 0 aromatic rings. The van der Waals surface area contributed by atoms with Crippen molar-refractivity contribution in [2.24, 2.45) is 5.92 Å². The summed E-state index contributed by atoms with van der Waals surface area (Å²) in [6.07, 6.45) is 0.836. The van der Waals surface area contributed by atoms with Gasteiger partial charge in [-0.05, 0) is 12.3 Å². The van der Waals surface area contributed by atoms with Crippen LogP contribution in [-0.2, 0) is 43.8 Å². The first kappa shape index (κ1) is 17.3. The third-order valence-corrected chi connectivity index (χ3v) is 1.45. The Morgan fingerprint density at radius 3 is 2.00 bits per heavy atom. The van der Waals surface area contributed by atoms with Gasteiger partial charge < -0.3 is 12.0 Å². The molecule has 0 spiro atoms. The second kappa shape index (κ2) is 10.2. The normalized spacial score (nSPS) is 11.6. The van der Waals surface area contributed by atoms with Gasteiger partial charge >= 0.3 is 0 Å². The van der Waals surface area contributed by atoms with Crippen LogP contribution in [0.3, 0.4) is 0 Å². The van der Waals surface area contributed by atoms with Crippen molar-refractivity contribution in [1.82, 2.24) is 0 Å². The van der Waals surface area contributed by atoms with Gasteiger partial charge in [0.2, 0.25) is 0 Å². The molecule has 0 amide bonds. The van der Waals surface area contributed by atoms with Crippen LogP contribution in [0.2, 0.25) is 0 Å². The minimum Gasteiger partial charge on any atom is -0.358 e. The van der Waals surface area contributed by atoms with Crippen LogP contribution in [0.25, 0.3) is 0 Å². The number of hydrogen-bond acceptors (Lipinski definition) is 1. The summed E-state index contributed by atoms with van der Waals surface area (Å²) in [4.78, 5) is 0. The number of rotatable bonds is 3. The first-order valence-electron chi connectivity index (χ1n) is 2.70. The molecule has 0 aliphatic rings. The van der Waals surface area contributed by atoms with E-state index in [0.29, 0.717) is 11.7 Å². The van der Waals surface area contributed by atoms with Crippen LogP contribution >= 0.6 is 0 Å². The molecule has 1 unspecified atom stereocenters. The molecular formula is C6H15O2SY-. The minimum absolute atomic E-state index is 0. The van der Waals surface area contributed by atoms with Gasteiger partial charge in [-0.2, -0.15) is 0 Å². The molecule has 0 aromatic heterocycles. The van der Waals surface area contributed by atoms with Gasteiger partial charge in [0.05, 0.1) is 0 Å². The van der Waals surface area contributed by atoms with E-state index < -0.39 is 11.1 Å². The Balaban J connectivity index is -0.000000245. The summed E-state index contributed by atoms with van der Waals surface area (Å²) in [5.74, 6) is 0.948. The van der Waals surface area contributed by atoms with E-state index in [0.717, 1.165) is 6.42 Å².